The van der Waals surface area contributed by atoms with Crippen LogP contribution in [0.25, 0.3) is 21.3 Å². The lowest BCUT2D eigenvalue weighted by Gasteiger charge is -2.12. The molecule has 8 heteroatoms. The third-order valence-corrected chi connectivity index (χ3v) is 6.19. The number of carbonyl (C=O) groups excluding carboxylic acids is 1. The van der Waals surface area contributed by atoms with E-state index in [0.29, 0.717) is 27.4 Å². The van der Waals surface area contributed by atoms with E-state index in [4.69, 9.17) is 9.47 Å². The second kappa shape index (κ2) is 9.23. The summed E-state index contributed by atoms with van der Waals surface area (Å²) in [7, 11) is 3.09. The summed E-state index contributed by atoms with van der Waals surface area (Å²) in [6, 6.07) is 15.0. The average molecular weight is 450 g/mol. The molecule has 0 bridgehead atoms. The molecule has 4 rings (SSSR count). The van der Waals surface area contributed by atoms with E-state index in [1.54, 1.807) is 25.3 Å². The summed E-state index contributed by atoms with van der Waals surface area (Å²) in [6.45, 7) is 2.20. The molecular formula is C24H23N3O4S. The van der Waals surface area contributed by atoms with E-state index in [0.717, 1.165) is 16.0 Å². The Kier molecular flexibility index (Phi) is 6.23. The van der Waals surface area contributed by atoms with Gasteiger partial charge in [-0.25, -0.2) is 4.98 Å². The van der Waals surface area contributed by atoms with E-state index in [1.807, 2.05) is 37.3 Å². The average Bonchev–Trinajstić information content (AvgIpc) is 3.15. The van der Waals surface area contributed by atoms with Crippen LogP contribution in [0.5, 0.6) is 11.5 Å². The molecule has 7 nitrogen and oxygen atoms in total. The smallest absolute Gasteiger partial charge is 0.262 e. The van der Waals surface area contributed by atoms with E-state index in [1.165, 1.54) is 29.3 Å². The van der Waals surface area contributed by atoms with Gasteiger partial charge in [-0.05, 0) is 24.6 Å². The number of aromatic nitrogens is 2. The van der Waals surface area contributed by atoms with Crippen molar-refractivity contribution in [2.45, 2.75) is 19.9 Å². The van der Waals surface area contributed by atoms with Crippen LogP contribution in [-0.2, 0) is 11.3 Å². The van der Waals surface area contributed by atoms with Gasteiger partial charge >= 0.3 is 0 Å². The van der Waals surface area contributed by atoms with Gasteiger partial charge in [-0.2, -0.15) is 0 Å². The third-order valence-electron chi connectivity index (χ3n) is 5.18. The largest absolute Gasteiger partial charge is 0.497 e. The number of methoxy groups -OCH3 is 2. The molecule has 0 saturated heterocycles. The highest BCUT2D eigenvalue weighted by Gasteiger charge is 2.17. The van der Waals surface area contributed by atoms with Crippen LogP contribution in [0.2, 0.25) is 0 Å². The molecule has 0 unspecified atom stereocenters. The number of nitrogens with one attached hydrogen (secondary N) is 1. The maximum Gasteiger partial charge on any atom is 0.262 e. The number of fused-ring (bicyclic) bond motifs is 1. The van der Waals surface area contributed by atoms with Gasteiger partial charge in [-0.1, -0.05) is 30.3 Å². The fraction of sp³-hybridized carbons (Fsp3) is 0.208. The van der Waals surface area contributed by atoms with Crippen molar-refractivity contribution < 1.29 is 14.3 Å². The van der Waals surface area contributed by atoms with Gasteiger partial charge in [0.2, 0.25) is 5.91 Å². The van der Waals surface area contributed by atoms with Crippen molar-refractivity contribution in [2.75, 3.05) is 19.5 Å². The van der Waals surface area contributed by atoms with Gasteiger partial charge in [-0.3, -0.25) is 14.2 Å². The number of aryl methyl sites for hydroxylation is 2. The molecule has 0 atom stereocenters. The summed E-state index contributed by atoms with van der Waals surface area (Å²) in [5.41, 5.74) is 2.25. The standard InChI is InChI=1S/C24H23N3O4S/c1-15-21(16-7-5-4-6-8-16)22-23(32-15)25-14-27(24(22)29)12-11-20(28)26-18-13-17(30-2)9-10-19(18)31-3/h4-10,13-14H,11-12H2,1-3H3,(H,26,28). The summed E-state index contributed by atoms with van der Waals surface area (Å²) in [5.74, 6) is 0.891. The van der Waals surface area contributed by atoms with Crippen LogP contribution in [0.15, 0.2) is 59.7 Å². The molecule has 0 spiro atoms. The molecular weight excluding hydrogens is 426 g/mol. The molecule has 2 aromatic carbocycles. The van der Waals surface area contributed by atoms with Crippen molar-refractivity contribution in [2.24, 2.45) is 0 Å². The maximum absolute atomic E-state index is 13.3. The number of benzene rings is 2. The normalized spacial score (nSPS) is 10.8. The number of carbonyl (C=O) groups is 1. The Morgan fingerprint density at radius 3 is 2.62 bits per heavy atom. The quantitative estimate of drug-likeness (QED) is 0.450. The number of hydrogen-bond donors (Lipinski definition) is 1. The lowest BCUT2D eigenvalue weighted by Crippen LogP contribution is -2.23. The molecule has 0 radical (unpaired) electrons. The molecule has 0 aliphatic heterocycles. The van der Waals surface area contributed by atoms with Crippen molar-refractivity contribution >= 4 is 33.1 Å². The van der Waals surface area contributed by atoms with Gasteiger partial charge in [0.15, 0.2) is 0 Å². The summed E-state index contributed by atoms with van der Waals surface area (Å²) < 4.78 is 12.0. The summed E-state index contributed by atoms with van der Waals surface area (Å²) >= 11 is 1.50. The van der Waals surface area contributed by atoms with Crippen LogP contribution in [0.4, 0.5) is 5.69 Å². The minimum atomic E-state index is -0.242. The minimum Gasteiger partial charge on any atom is -0.497 e. The van der Waals surface area contributed by atoms with Gasteiger partial charge in [0.1, 0.15) is 16.3 Å². The number of anilines is 1. The Balaban J connectivity index is 1.57. The molecule has 1 N–H and O–H groups in total. The second-order valence-corrected chi connectivity index (χ2v) is 8.39. The van der Waals surface area contributed by atoms with Gasteiger partial charge < -0.3 is 14.8 Å². The first kappa shape index (κ1) is 21.6. The van der Waals surface area contributed by atoms with Crippen molar-refractivity contribution in [3.05, 3.63) is 70.1 Å². The van der Waals surface area contributed by atoms with Crippen LogP contribution < -0.4 is 20.3 Å². The molecule has 2 aromatic heterocycles. The summed E-state index contributed by atoms with van der Waals surface area (Å²) in [4.78, 5) is 32.0. The Hall–Kier alpha value is -3.65. The van der Waals surface area contributed by atoms with Crippen molar-refractivity contribution in [3.8, 4) is 22.6 Å². The van der Waals surface area contributed by atoms with Crippen molar-refractivity contribution in [1.29, 1.82) is 0 Å². The lowest BCUT2D eigenvalue weighted by atomic mass is 10.0. The molecule has 0 saturated carbocycles. The molecule has 0 aliphatic rings. The number of hydrogen-bond acceptors (Lipinski definition) is 6. The van der Waals surface area contributed by atoms with Gasteiger partial charge in [0.25, 0.3) is 5.56 Å². The minimum absolute atomic E-state index is 0.108. The Bertz CT molecular complexity index is 1330. The first-order chi connectivity index (χ1) is 15.5. The summed E-state index contributed by atoms with van der Waals surface area (Å²) in [6.07, 6.45) is 1.62. The zero-order chi connectivity index (χ0) is 22.7. The number of rotatable bonds is 7. The zero-order valence-electron chi connectivity index (χ0n) is 18.0. The van der Waals surface area contributed by atoms with E-state index >= 15 is 0 Å². The first-order valence-electron chi connectivity index (χ1n) is 10.1. The van der Waals surface area contributed by atoms with Gasteiger partial charge in [0.05, 0.1) is 31.6 Å². The van der Waals surface area contributed by atoms with Gasteiger partial charge in [-0.15, -0.1) is 11.3 Å². The molecule has 32 heavy (non-hydrogen) atoms. The summed E-state index contributed by atoms with van der Waals surface area (Å²) in [5, 5.41) is 3.42. The molecule has 1 amide bonds. The highest BCUT2D eigenvalue weighted by Crippen LogP contribution is 2.35. The van der Waals surface area contributed by atoms with E-state index < -0.39 is 0 Å². The maximum atomic E-state index is 13.3. The molecule has 4 aromatic rings. The van der Waals surface area contributed by atoms with E-state index in [9.17, 15) is 9.59 Å². The lowest BCUT2D eigenvalue weighted by molar-refractivity contribution is -0.116. The van der Waals surface area contributed by atoms with Crippen molar-refractivity contribution in [1.82, 2.24) is 9.55 Å². The van der Waals surface area contributed by atoms with Crippen LogP contribution >= 0.6 is 11.3 Å². The van der Waals surface area contributed by atoms with Gasteiger partial charge in [0, 0.05) is 29.5 Å². The fourth-order valence-electron chi connectivity index (χ4n) is 3.60. The second-order valence-electron chi connectivity index (χ2n) is 7.19. The number of ether oxygens (including phenoxy) is 2. The third kappa shape index (κ3) is 4.22. The predicted octanol–water partition coefficient (Wildman–Crippen LogP) is 4.48. The highest BCUT2D eigenvalue weighted by atomic mass is 32.1. The van der Waals surface area contributed by atoms with Crippen LogP contribution in [0.3, 0.4) is 0 Å². The SMILES string of the molecule is COc1ccc(OC)c(NC(=O)CCn2cnc3sc(C)c(-c4ccccc4)c3c2=O)c1. The monoisotopic (exact) mass is 449 g/mol. The van der Waals surface area contributed by atoms with E-state index in [2.05, 4.69) is 10.3 Å². The molecule has 164 valence electrons. The number of amides is 1. The molecule has 0 aliphatic carbocycles. The molecule has 0 fully saturated rings. The first-order valence-corrected chi connectivity index (χ1v) is 10.9. The fourth-order valence-corrected chi connectivity index (χ4v) is 4.60. The van der Waals surface area contributed by atoms with Crippen LogP contribution in [-0.4, -0.2) is 29.7 Å². The van der Waals surface area contributed by atoms with Crippen LogP contribution in [0, 0.1) is 6.92 Å². The predicted molar refractivity (Wildman–Crippen MR) is 127 cm³/mol. The zero-order valence-corrected chi connectivity index (χ0v) is 18.9. The number of thiophene rings is 1. The topological polar surface area (TPSA) is 82.4 Å². The molecule has 2 heterocycles. The Labute approximate surface area is 189 Å². The number of nitrogens with zero attached hydrogens (tertiary/aromatic N) is 2. The highest BCUT2D eigenvalue weighted by molar-refractivity contribution is 7.19. The van der Waals surface area contributed by atoms with Crippen molar-refractivity contribution in [3.63, 3.8) is 0 Å². The van der Waals surface area contributed by atoms with E-state index in [-0.39, 0.29) is 24.4 Å². The Morgan fingerprint density at radius 2 is 1.91 bits per heavy atom. The van der Waals surface area contributed by atoms with Crippen LogP contribution in [0.1, 0.15) is 11.3 Å². The Morgan fingerprint density at radius 1 is 1.12 bits per heavy atom.